The molecule has 2 aliphatic rings. The Morgan fingerprint density at radius 1 is 1.23 bits per heavy atom. The predicted molar refractivity (Wildman–Crippen MR) is 96.3 cm³/mol. The van der Waals surface area contributed by atoms with Crippen molar-refractivity contribution in [3.8, 4) is 0 Å². The zero-order valence-corrected chi connectivity index (χ0v) is 15.2. The summed E-state index contributed by atoms with van der Waals surface area (Å²) in [4.78, 5) is 38.6. The Hall–Kier alpha value is -2.54. The van der Waals surface area contributed by atoms with Crippen LogP contribution in [0.25, 0.3) is 0 Å². The van der Waals surface area contributed by atoms with E-state index in [1.54, 1.807) is 28.9 Å². The lowest BCUT2D eigenvalue weighted by Crippen LogP contribution is -2.40. The maximum absolute atomic E-state index is 13.4. The van der Waals surface area contributed by atoms with Crippen molar-refractivity contribution in [3.05, 3.63) is 57.5 Å². The molecule has 2 aromatic heterocycles. The zero-order valence-electron chi connectivity index (χ0n) is 15.2. The van der Waals surface area contributed by atoms with Gasteiger partial charge >= 0.3 is 0 Å². The van der Waals surface area contributed by atoms with Crippen LogP contribution in [0.15, 0.2) is 29.3 Å². The maximum Gasteiger partial charge on any atom is 0.258 e. The smallest absolute Gasteiger partial charge is 0.258 e. The van der Waals surface area contributed by atoms with Gasteiger partial charge in [-0.1, -0.05) is 6.07 Å². The first-order valence-corrected chi connectivity index (χ1v) is 9.04. The molecule has 136 valence electrons. The Bertz CT molecular complexity index is 887. The highest BCUT2D eigenvalue weighted by molar-refractivity contribution is 5.83. The highest BCUT2D eigenvalue weighted by Gasteiger charge is 2.36. The van der Waals surface area contributed by atoms with E-state index >= 15 is 0 Å². The summed E-state index contributed by atoms with van der Waals surface area (Å²) in [6.45, 7) is 4.36. The van der Waals surface area contributed by atoms with E-state index in [0.29, 0.717) is 24.5 Å². The molecule has 0 radical (unpaired) electrons. The van der Waals surface area contributed by atoms with Crippen LogP contribution in [0.5, 0.6) is 0 Å². The molecule has 0 aromatic carbocycles. The van der Waals surface area contributed by atoms with Gasteiger partial charge in [-0.2, -0.15) is 0 Å². The molecule has 4 rings (SSSR count). The van der Waals surface area contributed by atoms with Crippen LogP contribution in [0.3, 0.4) is 0 Å². The number of carbonyl (C=O) groups excluding carboxylic acids is 1. The number of hydrogen-bond acceptors (Lipinski definition) is 5. The lowest BCUT2D eigenvalue weighted by molar-refractivity contribution is -0.137. The quantitative estimate of drug-likeness (QED) is 0.828. The molecule has 26 heavy (non-hydrogen) atoms. The number of hydrogen-bond donors (Lipinski definition) is 0. The van der Waals surface area contributed by atoms with E-state index < -0.39 is 0 Å². The molecule has 1 fully saturated rings. The van der Waals surface area contributed by atoms with Crippen LogP contribution < -0.4 is 5.56 Å². The first kappa shape index (κ1) is 16.9. The van der Waals surface area contributed by atoms with Gasteiger partial charge in [0, 0.05) is 19.4 Å². The van der Waals surface area contributed by atoms with Crippen LogP contribution in [-0.2, 0) is 24.9 Å². The lowest BCUT2D eigenvalue weighted by Gasteiger charge is -2.30. The van der Waals surface area contributed by atoms with Gasteiger partial charge in [0.05, 0.1) is 24.3 Å². The predicted octanol–water partition coefficient (Wildman–Crippen LogP) is 1.16. The van der Waals surface area contributed by atoms with E-state index in [-0.39, 0.29) is 17.5 Å². The second-order valence-electron chi connectivity index (χ2n) is 7.07. The molecule has 7 nitrogen and oxygen atoms in total. The third-order valence-electron chi connectivity index (χ3n) is 5.43. The Morgan fingerprint density at radius 3 is 2.69 bits per heavy atom. The highest BCUT2D eigenvalue weighted by Crippen LogP contribution is 2.29. The fourth-order valence-corrected chi connectivity index (χ4v) is 3.90. The molecule has 7 heteroatoms. The molecule has 0 spiro atoms. The SMILES string of the molecule is Cc1nc2c(c(=O)n1C)CN(C(=O)C(c1cccnc1)N1CCCC1)C2. The Balaban J connectivity index is 1.65. The molecular formula is C19H23N5O2. The fraction of sp³-hybridized carbons (Fsp3) is 0.474. The minimum Gasteiger partial charge on any atom is -0.331 e. The van der Waals surface area contributed by atoms with E-state index in [1.807, 2.05) is 19.1 Å². The van der Waals surface area contributed by atoms with E-state index in [2.05, 4.69) is 14.9 Å². The minimum atomic E-state index is -0.342. The third-order valence-corrected chi connectivity index (χ3v) is 5.43. The van der Waals surface area contributed by atoms with Gasteiger partial charge < -0.3 is 4.90 Å². The zero-order chi connectivity index (χ0) is 18.3. The van der Waals surface area contributed by atoms with Gasteiger partial charge in [0.1, 0.15) is 11.9 Å². The van der Waals surface area contributed by atoms with Gasteiger partial charge in [-0.25, -0.2) is 4.98 Å². The van der Waals surface area contributed by atoms with E-state index in [0.717, 1.165) is 37.2 Å². The van der Waals surface area contributed by atoms with Crippen LogP contribution >= 0.6 is 0 Å². The Labute approximate surface area is 152 Å². The van der Waals surface area contributed by atoms with E-state index in [9.17, 15) is 9.59 Å². The van der Waals surface area contributed by atoms with Crippen molar-refractivity contribution in [2.24, 2.45) is 7.05 Å². The number of fused-ring (bicyclic) bond motifs is 1. The van der Waals surface area contributed by atoms with Gasteiger partial charge in [-0.3, -0.25) is 24.0 Å². The number of likely N-dealkylation sites (tertiary alicyclic amines) is 1. The molecule has 4 heterocycles. The summed E-state index contributed by atoms with van der Waals surface area (Å²) >= 11 is 0. The van der Waals surface area contributed by atoms with Crippen molar-refractivity contribution < 1.29 is 4.79 Å². The van der Waals surface area contributed by atoms with E-state index in [4.69, 9.17) is 0 Å². The minimum absolute atomic E-state index is 0.0256. The van der Waals surface area contributed by atoms with Crippen molar-refractivity contribution in [1.82, 2.24) is 24.3 Å². The fourth-order valence-electron chi connectivity index (χ4n) is 3.90. The average molecular weight is 353 g/mol. The summed E-state index contributed by atoms with van der Waals surface area (Å²) < 4.78 is 1.55. The number of pyridine rings is 1. The summed E-state index contributed by atoms with van der Waals surface area (Å²) in [5.41, 5.74) is 2.22. The maximum atomic E-state index is 13.4. The largest absolute Gasteiger partial charge is 0.331 e. The van der Waals surface area contributed by atoms with Gasteiger partial charge in [0.15, 0.2) is 0 Å². The number of carbonyl (C=O) groups is 1. The lowest BCUT2D eigenvalue weighted by atomic mass is 10.1. The average Bonchev–Trinajstić information content (AvgIpc) is 3.31. The van der Waals surface area contributed by atoms with Crippen LogP contribution in [-0.4, -0.2) is 43.3 Å². The van der Waals surface area contributed by atoms with Crippen LogP contribution in [0.1, 0.15) is 41.5 Å². The number of amides is 1. The van der Waals surface area contributed by atoms with E-state index in [1.165, 1.54) is 0 Å². The normalized spacial score (nSPS) is 18.2. The molecule has 0 bridgehead atoms. The summed E-state index contributed by atoms with van der Waals surface area (Å²) in [6, 6.07) is 3.48. The molecule has 1 amide bonds. The number of rotatable bonds is 3. The molecular weight excluding hydrogens is 330 g/mol. The topological polar surface area (TPSA) is 71.3 Å². The molecule has 1 unspecified atom stereocenters. The van der Waals surface area contributed by atoms with Crippen molar-refractivity contribution >= 4 is 5.91 Å². The summed E-state index contributed by atoms with van der Waals surface area (Å²) in [5.74, 6) is 0.698. The third kappa shape index (κ3) is 2.82. The first-order valence-electron chi connectivity index (χ1n) is 9.04. The van der Waals surface area contributed by atoms with Crippen molar-refractivity contribution in [2.45, 2.75) is 38.9 Å². The summed E-state index contributed by atoms with van der Waals surface area (Å²) in [7, 11) is 1.72. The molecule has 1 saturated heterocycles. The van der Waals surface area contributed by atoms with Gasteiger partial charge in [0.2, 0.25) is 5.91 Å². The molecule has 0 N–H and O–H groups in total. The first-order chi connectivity index (χ1) is 12.6. The molecule has 0 aliphatic carbocycles. The monoisotopic (exact) mass is 353 g/mol. The molecule has 1 atom stereocenters. The Kier molecular flexibility index (Phi) is 4.32. The van der Waals surface area contributed by atoms with Crippen LogP contribution in [0, 0.1) is 6.92 Å². The number of aromatic nitrogens is 3. The standard InChI is InChI=1S/C19H23N5O2/c1-13-21-16-12-24(11-15(16)18(25)22(13)2)19(26)17(23-8-3-4-9-23)14-6-5-7-20-10-14/h5-7,10,17H,3-4,8-9,11-12H2,1-2H3. The number of nitrogens with zero attached hydrogens (tertiary/aromatic N) is 5. The van der Waals surface area contributed by atoms with Crippen molar-refractivity contribution in [2.75, 3.05) is 13.1 Å². The molecule has 2 aromatic rings. The van der Waals surface area contributed by atoms with Crippen molar-refractivity contribution in [1.29, 1.82) is 0 Å². The van der Waals surface area contributed by atoms with Crippen LogP contribution in [0.4, 0.5) is 0 Å². The summed E-state index contributed by atoms with van der Waals surface area (Å²) in [5, 5.41) is 0. The second-order valence-corrected chi connectivity index (χ2v) is 7.07. The van der Waals surface area contributed by atoms with Crippen molar-refractivity contribution in [3.63, 3.8) is 0 Å². The van der Waals surface area contributed by atoms with Gasteiger partial charge in [-0.05, 0) is 44.5 Å². The van der Waals surface area contributed by atoms with Crippen LogP contribution in [0.2, 0.25) is 0 Å². The summed E-state index contributed by atoms with van der Waals surface area (Å²) in [6.07, 6.45) is 5.69. The molecule has 2 aliphatic heterocycles. The molecule has 0 saturated carbocycles. The van der Waals surface area contributed by atoms with Gasteiger partial charge in [-0.15, -0.1) is 0 Å². The highest BCUT2D eigenvalue weighted by atomic mass is 16.2. The number of aryl methyl sites for hydroxylation is 1. The Morgan fingerprint density at radius 2 is 2.00 bits per heavy atom. The van der Waals surface area contributed by atoms with Gasteiger partial charge in [0.25, 0.3) is 5.56 Å². The second kappa shape index (κ2) is 6.64.